The van der Waals surface area contributed by atoms with Gasteiger partial charge in [0.1, 0.15) is 0 Å². The van der Waals surface area contributed by atoms with Crippen LogP contribution in [0, 0.1) is 0 Å². The number of hydrogen-bond acceptors (Lipinski definition) is 6. The van der Waals surface area contributed by atoms with Crippen LogP contribution in [0.1, 0.15) is 30.3 Å². The molecule has 2 aromatic rings. The fourth-order valence-electron chi connectivity index (χ4n) is 3.39. The molecule has 1 unspecified atom stereocenters. The van der Waals surface area contributed by atoms with Gasteiger partial charge < -0.3 is 15.5 Å². The van der Waals surface area contributed by atoms with Gasteiger partial charge in [-0.15, -0.1) is 10.2 Å². The van der Waals surface area contributed by atoms with Gasteiger partial charge in [-0.2, -0.15) is 0 Å². The number of rotatable bonds is 6. The van der Waals surface area contributed by atoms with Crippen LogP contribution in [-0.4, -0.2) is 65.2 Å². The first-order chi connectivity index (χ1) is 14.1. The maximum Gasteiger partial charge on any atom is 0.276 e. The van der Waals surface area contributed by atoms with Gasteiger partial charge in [0.2, 0.25) is 5.91 Å². The second-order valence-electron chi connectivity index (χ2n) is 7.58. The Hall–Kier alpha value is -3.00. The van der Waals surface area contributed by atoms with E-state index in [0.717, 1.165) is 50.5 Å². The van der Waals surface area contributed by atoms with Crippen LogP contribution >= 0.6 is 0 Å². The van der Waals surface area contributed by atoms with Gasteiger partial charge in [0.25, 0.3) is 5.91 Å². The van der Waals surface area contributed by atoms with E-state index in [-0.39, 0.29) is 23.6 Å². The summed E-state index contributed by atoms with van der Waals surface area (Å²) in [6, 6.07) is 13.1. The molecule has 2 fully saturated rings. The van der Waals surface area contributed by atoms with E-state index in [1.807, 2.05) is 43.3 Å². The molecule has 0 radical (unpaired) electrons. The molecule has 2 amide bonds. The molecule has 4 rings (SSSR count). The number of piperazine rings is 1. The molecule has 1 aliphatic carbocycles. The average molecular weight is 394 g/mol. The minimum Gasteiger partial charge on any atom is -0.353 e. The number of benzene rings is 1. The molecular weight excluding hydrogens is 368 g/mol. The molecule has 0 spiro atoms. The van der Waals surface area contributed by atoms with Crippen molar-refractivity contribution in [2.45, 2.75) is 31.8 Å². The van der Waals surface area contributed by atoms with Crippen molar-refractivity contribution >= 4 is 23.3 Å². The van der Waals surface area contributed by atoms with Crippen molar-refractivity contribution in [1.29, 1.82) is 0 Å². The minimum atomic E-state index is -0.282. The fourth-order valence-corrected chi connectivity index (χ4v) is 3.39. The maximum absolute atomic E-state index is 12.3. The Morgan fingerprint density at radius 1 is 1.00 bits per heavy atom. The third-order valence-corrected chi connectivity index (χ3v) is 5.40. The molecule has 1 saturated carbocycles. The lowest BCUT2D eigenvalue weighted by atomic mass is 10.2. The van der Waals surface area contributed by atoms with E-state index in [1.165, 1.54) is 0 Å². The second kappa shape index (κ2) is 8.57. The minimum absolute atomic E-state index is 0.118. The SMILES string of the molecule is CC(C(=O)NC1CC1)N1CCN(c2ccc(C(=O)Nc3ccccc3)nn2)CC1. The highest BCUT2D eigenvalue weighted by molar-refractivity contribution is 6.02. The van der Waals surface area contributed by atoms with Crippen molar-refractivity contribution in [3.8, 4) is 0 Å². The molecule has 1 aromatic carbocycles. The Kier molecular flexibility index (Phi) is 5.71. The van der Waals surface area contributed by atoms with Gasteiger partial charge >= 0.3 is 0 Å². The zero-order valence-electron chi connectivity index (χ0n) is 16.5. The molecule has 152 valence electrons. The van der Waals surface area contributed by atoms with Crippen LogP contribution < -0.4 is 15.5 Å². The van der Waals surface area contributed by atoms with Crippen LogP contribution in [0.25, 0.3) is 0 Å². The van der Waals surface area contributed by atoms with Crippen LogP contribution in [0.5, 0.6) is 0 Å². The highest BCUT2D eigenvalue weighted by Gasteiger charge is 2.30. The molecule has 1 aromatic heterocycles. The first kappa shape index (κ1) is 19.3. The summed E-state index contributed by atoms with van der Waals surface area (Å²) in [5.41, 5.74) is 1.00. The summed E-state index contributed by atoms with van der Waals surface area (Å²) in [6.07, 6.45) is 2.20. The number of para-hydroxylation sites is 1. The summed E-state index contributed by atoms with van der Waals surface area (Å²) in [6.45, 7) is 5.08. The van der Waals surface area contributed by atoms with Gasteiger partial charge in [0.15, 0.2) is 11.5 Å². The molecule has 8 heteroatoms. The number of nitrogens with zero attached hydrogens (tertiary/aromatic N) is 4. The number of hydrogen-bond donors (Lipinski definition) is 2. The van der Waals surface area contributed by atoms with Crippen LogP contribution in [0.2, 0.25) is 0 Å². The normalized spacial score (nSPS) is 18.2. The van der Waals surface area contributed by atoms with Gasteiger partial charge in [0.05, 0.1) is 6.04 Å². The predicted octanol–water partition coefficient (Wildman–Crippen LogP) is 1.52. The standard InChI is InChI=1S/C21H26N6O2/c1-15(20(28)22-17-7-8-17)26-11-13-27(14-12-26)19-10-9-18(24-25-19)21(29)23-16-5-3-2-4-6-16/h2-6,9-10,15,17H,7-8,11-14H2,1H3,(H,22,28)(H,23,29). The number of carbonyl (C=O) groups excluding carboxylic acids is 2. The smallest absolute Gasteiger partial charge is 0.276 e. The Balaban J connectivity index is 1.29. The van der Waals surface area contributed by atoms with Crippen molar-refractivity contribution < 1.29 is 9.59 Å². The molecule has 8 nitrogen and oxygen atoms in total. The molecule has 0 bridgehead atoms. The molecule has 2 aliphatic rings. The molecule has 1 saturated heterocycles. The van der Waals surface area contributed by atoms with Crippen LogP contribution in [-0.2, 0) is 4.79 Å². The predicted molar refractivity (Wildman–Crippen MR) is 111 cm³/mol. The highest BCUT2D eigenvalue weighted by Crippen LogP contribution is 2.20. The van der Waals surface area contributed by atoms with Gasteiger partial charge in [0, 0.05) is 37.9 Å². The Morgan fingerprint density at radius 3 is 2.34 bits per heavy atom. The molecule has 29 heavy (non-hydrogen) atoms. The zero-order valence-corrected chi connectivity index (χ0v) is 16.5. The molecule has 1 aliphatic heterocycles. The fraction of sp³-hybridized carbons (Fsp3) is 0.429. The number of anilines is 2. The van der Waals surface area contributed by atoms with Gasteiger partial charge in [-0.25, -0.2) is 0 Å². The van der Waals surface area contributed by atoms with E-state index >= 15 is 0 Å². The lowest BCUT2D eigenvalue weighted by molar-refractivity contribution is -0.126. The van der Waals surface area contributed by atoms with Crippen LogP contribution in [0.15, 0.2) is 42.5 Å². The van der Waals surface area contributed by atoms with Gasteiger partial charge in [-0.1, -0.05) is 18.2 Å². The summed E-state index contributed by atoms with van der Waals surface area (Å²) in [5, 5.41) is 14.2. The molecule has 1 atom stereocenters. The summed E-state index contributed by atoms with van der Waals surface area (Å²) in [7, 11) is 0. The van der Waals surface area contributed by atoms with Crippen molar-refractivity contribution in [2.75, 3.05) is 36.4 Å². The summed E-state index contributed by atoms with van der Waals surface area (Å²) >= 11 is 0. The largest absolute Gasteiger partial charge is 0.353 e. The average Bonchev–Trinajstić information content (AvgIpc) is 3.58. The molecule has 2 N–H and O–H groups in total. The van der Waals surface area contributed by atoms with Gasteiger partial charge in [-0.05, 0) is 44.0 Å². The van der Waals surface area contributed by atoms with E-state index in [4.69, 9.17) is 0 Å². The van der Waals surface area contributed by atoms with Gasteiger partial charge in [-0.3, -0.25) is 14.5 Å². The third-order valence-electron chi connectivity index (χ3n) is 5.40. The van der Waals surface area contributed by atoms with E-state index < -0.39 is 0 Å². The number of carbonyl (C=O) groups is 2. The van der Waals surface area contributed by atoms with Crippen molar-refractivity contribution in [1.82, 2.24) is 20.4 Å². The lowest BCUT2D eigenvalue weighted by Gasteiger charge is -2.37. The summed E-state index contributed by atoms with van der Waals surface area (Å²) < 4.78 is 0. The second-order valence-corrected chi connectivity index (χ2v) is 7.58. The zero-order chi connectivity index (χ0) is 20.2. The van der Waals surface area contributed by atoms with E-state index in [9.17, 15) is 9.59 Å². The Morgan fingerprint density at radius 2 is 1.72 bits per heavy atom. The van der Waals surface area contributed by atoms with Crippen molar-refractivity contribution in [2.24, 2.45) is 0 Å². The van der Waals surface area contributed by atoms with E-state index in [0.29, 0.717) is 6.04 Å². The highest BCUT2D eigenvalue weighted by atomic mass is 16.2. The summed E-state index contributed by atoms with van der Waals surface area (Å²) in [5.74, 6) is 0.584. The first-order valence-electron chi connectivity index (χ1n) is 10.1. The Labute approximate surface area is 170 Å². The summed E-state index contributed by atoms with van der Waals surface area (Å²) in [4.78, 5) is 28.9. The maximum atomic E-state index is 12.3. The molecular formula is C21H26N6O2. The molecule has 2 heterocycles. The Bertz CT molecular complexity index is 845. The lowest BCUT2D eigenvalue weighted by Crippen LogP contribution is -2.54. The van der Waals surface area contributed by atoms with Crippen molar-refractivity contribution in [3.05, 3.63) is 48.2 Å². The number of amides is 2. The van der Waals surface area contributed by atoms with Crippen molar-refractivity contribution in [3.63, 3.8) is 0 Å². The van der Waals surface area contributed by atoms with Crippen LogP contribution in [0.4, 0.5) is 11.5 Å². The van der Waals surface area contributed by atoms with E-state index in [1.54, 1.807) is 6.07 Å². The van der Waals surface area contributed by atoms with Crippen LogP contribution in [0.3, 0.4) is 0 Å². The quantitative estimate of drug-likeness (QED) is 0.772. The van der Waals surface area contributed by atoms with E-state index in [2.05, 4.69) is 30.6 Å². The monoisotopic (exact) mass is 394 g/mol. The first-order valence-corrected chi connectivity index (χ1v) is 10.1. The topological polar surface area (TPSA) is 90.5 Å². The number of nitrogens with one attached hydrogen (secondary N) is 2. The third kappa shape index (κ3) is 4.89. The number of aromatic nitrogens is 2.